The fourth-order valence-corrected chi connectivity index (χ4v) is 2.97. The number of carbonyl (C=O) groups is 3. The summed E-state index contributed by atoms with van der Waals surface area (Å²) < 4.78 is 5.72. The normalized spacial score (nSPS) is 14.7. The van der Waals surface area contributed by atoms with Crippen molar-refractivity contribution in [1.82, 2.24) is 4.90 Å². The quantitative estimate of drug-likeness (QED) is 0.822. The van der Waals surface area contributed by atoms with Crippen LogP contribution in [-0.2, 0) is 10.2 Å². The molecule has 28 heavy (non-hydrogen) atoms. The Bertz CT molecular complexity index is 942. The molecule has 1 unspecified atom stereocenters. The molecule has 146 valence electrons. The lowest BCUT2D eigenvalue weighted by atomic mass is 9.87. The van der Waals surface area contributed by atoms with E-state index in [9.17, 15) is 14.4 Å². The average molecular weight is 380 g/mol. The van der Waals surface area contributed by atoms with Crippen molar-refractivity contribution in [1.29, 1.82) is 0 Å². The van der Waals surface area contributed by atoms with Crippen molar-refractivity contribution in [2.45, 2.75) is 39.2 Å². The van der Waals surface area contributed by atoms with Crippen LogP contribution < -0.4 is 10.1 Å². The van der Waals surface area contributed by atoms with Gasteiger partial charge in [0.2, 0.25) is 0 Å². The van der Waals surface area contributed by atoms with Crippen LogP contribution in [0.3, 0.4) is 0 Å². The molecule has 0 fully saturated rings. The Kier molecular flexibility index (Phi) is 4.98. The van der Waals surface area contributed by atoms with Gasteiger partial charge in [0, 0.05) is 12.7 Å². The van der Waals surface area contributed by atoms with Crippen LogP contribution in [0.25, 0.3) is 0 Å². The standard InChI is InChI=1S/C22H24N2O4/c1-13(28-16-9-6-14(7-10-16)22(2,3)4)19(25)23-15-8-11-17-18(12-15)21(27)24(5)20(17)26/h6-13H,1-5H3,(H,23,25). The minimum Gasteiger partial charge on any atom is -0.481 e. The molecule has 0 bridgehead atoms. The molecule has 6 nitrogen and oxygen atoms in total. The summed E-state index contributed by atoms with van der Waals surface area (Å²) in [5.41, 5.74) is 2.30. The molecule has 0 aromatic heterocycles. The maximum Gasteiger partial charge on any atom is 0.265 e. The largest absolute Gasteiger partial charge is 0.481 e. The lowest BCUT2D eigenvalue weighted by molar-refractivity contribution is -0.122. The third-order valence-electron chi connectivity index (χ3n) is 4.76. The second kappa shape index (κ2) is 7.11. The molecule has 1 aliphatic rings. The summed E-state index contributed by atoms with van der Waals surface area (Å²) in [5.74, 6) is -0.454. The summed E-state index contributed by atoms with van der Waals surface area (Å²) in [7, 11) is 1.43. The Morgan fingerprint density at radius 3 is 2.21 bits per heavy atom. The first kappa shape index (κ1) is 19.6. The van der Waals surface area contributed by atoms with Crippen LogP contribution in [0.5, 0.6) is 5.75 Å². The SMILES string of the molecule is CC(Oc1ccc(C(C)(C)C)cc1)C(=O)Nc1ccc2c(c1)C(=O)N(C)C2=O. The van der Waals surface area contributed by atoms with E-state index in [1.807, 2.05) is 24.3 Å². The van der Waals surface area contributed by atoms with E-state index in [1.165, 1.54) is 18.7 Å². The van der Waals surface area contributed by atoms with E-state index in [4.69, 9.17) is 4.74 Å². The monoisotopic (exact) mass is 380 g/mol. The summed E-state index contributed by atoms with van der Waals surface area (Å²) in [6.45, 7) is 8.05. The molecule has 0 aliphatic carbocycles. The Hall–Kier alpha value is -3.15. The fraction of sp³-hybridized carbons (Fsp3) is 0.318. The van der Waals surface area contributed by atoms with Gasteiger partial charge in [-0.25, -0.2) is 0 Å². The predicted octanol–water partition coefficient (Wildman–Crippen LogP) is 3.62. The molecule has 2 aromatic rings. The van der Waals surface area contributed by atoms with Gasteiger partial charge in [0.1, 0.15) is 5.75 Å². The highest BCUT2D eigenvalue weighted by Crippen LogP contribution is 2.26. The highest BCUT2D eigenvalue weighted by Gasteiger charge is 2.33. The third kappa shape index (κ3) is 3.76. The minimum absolute atomic E-state index is 0.0436. The highest BCUT2D eigenvalue weighted by molar-refractivity contribution is 6.21. The molecule has 1 atom stereocenters. The maximum absolute atomic E-state index is 12.5. The Morgan fingerprint density at radius 2 is 1.61 bits per heavy atom. The van der Waals surface area contributed by atoms with E-state index < -0.39 is 6.10 Å². The van der Waals surface area contributed by atoms with Gasteiger partial charge in [-0.2, -0.15) is 0 Å². The minimum atomic E-state index is -0.728. The molecule has 1 aliphatic heterocycles. The summed E-state index contributed by atoms with van der Waals surface area (Å²) in [4.78, 5) is 37.5. The van der Waals surface area contributed by atoms with Crippen molar-refractivity contribution in [2.75, 3.05) is 12.4 Å². The summed E-state index contributed by atoms with van der Waals surface area (Å²) in [6.07, 6.45) is -0.728. The Morgan fingerprint density at radius 1 is 1.00 bits per heavy atom. The number of fused-ring (bicyclic) bond motifs is 1. The van der Waals surface area contributed by atoms with Crippen molar-refractivity contribution >= 4 is 23.4 Å². The first-order valence-electron chi connectivity index (χ1n) is 9.12. The zero-order valence-corrected chi connectivity index (χ0v) is 16.7. The zero-order chi connectivity index (χ0) is 20.6. The van der Waals surface area contributed by atoms with Crippen LogP contribution >= 0.6 is 0 Å². The van der Waals surface area contributed by atoms with E-state index in [1.54, 1.807) is 19.1 Å². The number of hydrogen-bond donors (Lipinski definition) is 1. The molecule has 0 saturated heterocycles. The van der Waals surface area contributed by atoms with Gasteiger partial charge in [0.25, 0.3) is 17.7 Å². The average Bonchev–Trinajstić information content (AvgIpc) is 2.85. The second-order valence-electron chi connectivity index (χ2n) is 7.95. The second-order valence-corrected chi connectivity index (χ2v) is 7.95. The van der Waals surface area contributed by atoms with Crippen molar-refractivity contribution in [3.63, 3.8) is 0 Å². The van der Waals surface area contributed by atoms with Gasteiger partial charge in [-0.15, -0.1) is 0 Å². The molecular formula is C22H24N2O4. The summed E-state index contributed by atoms with van der Waals surface area (Å²) in [5, 5.41) is 2.73. The number of nitrogens with one attached hydrogen (secondary N) is 1. The third-order valence-corrected chi connectivity index (χ3v) is 4.76. The molecule has 2 aromatic carbocycles. The first-order chi connectivity index (χ1) is 13.1. The van der Waals surface area contributed by atoms with Crippen LogP contribution in [0.15, 0.2) is 42.5 Å². The summed E-state index contributed by atoms with van der Waals surface area (Å²) in [6, 6.07) is 12.3. The molecule has 1 N–H and O–H groups in total. The molecule has 1 heterocycles. The number of rotatable bonds is 4. The lowest BCUT2D eigenvalue weighted by Gasteiger charge is -2.20. The van der Waals surface area contributed by atoms with Crippen LogP contribution in [0.4, 0.5) is 5.69 Å². The molecule has 6 heteroatoms. The number of carbonyl (C=O) groups excluding carboxylic acids is 3. The number of hydrogen-bond acceptors (Lipinski definition) is 4. The number of ether oxygens (including phenoxy) is 1. The predicted molar refractivity (Wildman–Crippen MR) is 107 cm³/mol. The topological polar surface area (TPSA) is 75.7 Å². The van der Waals surface area contributed by atoms with Gasteiger partial charge in [-0.3, -0.25) is 19.3 Å². The van der Waals surface area contributed by atoms with E-state index in [0.717, 1.165) is 4.90 Å². The van der Waals surface area contributed by atoms with Crippen molar-refractivity contribution in [2.24, 2.45) is 0 Å². The van der Waals surface area contributed by atoms with Crippen LogP contribution in [0.2, 0.25) is 0 Å². The highest BCUT2D eigenvalue weighted by atomic mass is 16.5. The summed E-state index contributed by atoms with van der Waals surface area (Å²) >= 11 is 0. The fourth-order valence-electron chi connectivity index (χ4n) is 2.97. The van der Waals surface area contributed by atoms with Gasteiger partial charge in [0.05, 0.1) is 11.1 Å². The lowest BCUT2D eigenvalue weighted by Crippen LogP contribution is -2.30. The smallest absolute Gasteiger partial charge is 0.265 e. The molecule has 0 spiro atoms. The number of amides is 3. The van der Waals surface area contributed by atoms with Crippen molar-refractivity contribution in [3.8, 4) is 5.75 Å². The van der Waals surface area contributed by atoms with Crippen molar-refractivity contribution in [3.05, 3.63) is 59.2 Å². The van der Waals surface area contributed by atoms with Gasteiger partial charge < -0.3 is 10.1 Å². The molecule has 0 radical (unpaired) electrons. The Balaban J connectivity index is 1.67. The Labute approximate surface area is 164 Å². The van der Waals surface area contributed by atoms with E-state index in [0.29, 0.717) is 17.0 Å². The van der Waals surface area contributed by atoms with Gasteiger partial charge in [-0.1, -0.05) is 32.9 Å². The van der Waals surface area contributed by atoms with Crippen LogP contribution in [0, 0.1) is 0 Å². The maximum atomic E-state index is 12.5. The van der Waals surface area contributed by atoms with E-state index in [2.05, 4.69) is 26.1 Å². The van der Waals surface area contributed by atoms with Crippen molar-refractivity contribution < 1.29 is 19.1 Å². The number of anilines is 1. The van der Waals surface area contributed by atoms with Crippen LogP contribution in [0.1, 0.15) is 54.0 Å². The number of nitrogens with zero attached hydrogens (tertiary/aromatic N) is 1. The molecular weight excluding hydrogens is 356 g/mol. The number of imide groups is 1. The number of benzene rings is 2. The van der Waals surface area contributed by atoms with Gasteiger partial charge in [-0.05, 0) is 48.2 Å². The van der Waals surface area contributed by atoms with Gasteiger partial charge in [0.15, 0.2) is 6.10 Å². The van der Waals surface area contributed by atoms with E-state index >= 15 is 0 Å². The van der Waals surface area contributed by atoms with Crippen LogP contribution in [-0.4, -0.2) is 35.8 Å². The van der Waals surface area contributed by atoms with Gasteiger partial charge >= 0.3 is 0 Å². The molecule has 3 rings (SSSR count). The zero-order valence-electron chi connectivity index (χ0n) is 16.7. The molecule has 0 saturated carbocycles. The van der Waals surface area contributed by atoms with E-state index in [-0.39, 0.29) is 28.7 Å². The first-order valence-corrected chi connectivity index (χ1v) is 9.12. The molecule has 3 amide bonds.